The molecule has 0 aliphatic carbocycles. The lowest BCUT2D eigenvalue weighted by atomic mass is 10.0. The molecule has 4 N–H and O–H groups in total. The molecule has 0 aliphatic heterocycles. The third kappa shape index (κ3) is 5.38. The number of H-pyrrole nitrogens is 1. The first kappa shape index (κ1) is 22.7. The van der Waals surface area contributed by atoms with Crippen molar-refractivity contribution in [1.82, 2.24) is 15.8 Å². The number of rotatable bonds is 10. The Morgan fingerprint density at radius 2 is 1.56 bits per heavy atom. The third-order valence-electron chi connectivity index (χ3n) is 5.00. The minimum absolute atomic E-state index is 0.126. The summed E-state index contributed by atoms with van der Waals surface area (Å²) in [5, 5.41) is 23.3. The highest BCUT2D eigenvalue weighted by Crippen LogP contribution is 2.41. The predicted octanol–water partition coefficient (Wildman–Crippen LogP) is 4.05. The maximum atomic E-state index is 13.0. The molecule has 1 heterocycles. The summed E-state index contributed by atoms with van der Waals surface area (Å²) in [5.74, 6) is -0.893. The van der Waals surface area contributed by atoms with Gasteiger partial charge in [0.05, 0.1) is 10.5 Å². The molecular formula is C23H24N4O5. The van der Waals surface area contributed by atoms with Gasteiger partial charge < -0.3 is 10.3 Å². The van der Waals surface area contributed by atoms with Gasteiger partial charge in [-0.25, -0.2) is 5.48 Å². The number of nitro groups is 1. The van der Waals surface area contributed by atoms with E-state index < -0.39 is 16.7 Å². The zero-order valence-electron chi connectivity index (χ0n) is 17.3. The fourth-order valence-electron chi connectivity index (χ4n) is 3.48. The van der Waals surface area contributed by atoms with Gasteiger partial charge in [0.25, 0.3) is 5.91 Å². The zero-order valence-corrected chi connectivity index (χ0v) is 17.3. The van der Waals surface area contributed by atoms with E-state index in [0.717, 1.165) is 0 Å². The molecule has 1 aromatic heterocycles. The Morgan fingerprint density at radius 1 is 0.938 bits per heavy atom. The first-order valence-corrected chi connectivity index (χ1v) is 10.2. The van der Waals surface area contributed by atoms with Crippen LogP contribution in [0, 0.1) is 10.1 Å². The van der Waals surface area contributed by atoms with Crippen molar-refractivity contribution in [3.63, 3.8) is 0 Å². The lowest BCUT2D eigenvalue weighted by molar-refractivity contribution is -0.383. The Morgan fingerprint density at radius 3 is 2.16 bits per heavy atom. The Hall–Kier alpha value is -3.98. The van der Waals surface area contributed by atoms with Crippen molar-refractivity contribution in [2.24, 2.45) is 0 Å². The van der Waals surface area contributed by atoms with Crippen LogP contribution in [-0.4, -0.2) is 33.5 Å². The molecule has 9 nitrogen and oxygen atoms in total. The van der Waals surface area contributed by atoms with E-state index in [1.54, 1.807) is 60.1 Å². The van der Waals surface area contributed by atoms with Crippen LogP contribution in [0.5, 0.6) is 0 Å². The number of amides is 2. The van der Waals surface area contributed by atoms with Crippen LogP contribution in [0.3, 0.4) is 0 Å². The SMILES string of the molecule is O=C(CCCCCNC(=O)c1[nH]c(-c2ccccc2)c([N+](=O)[O-])c1-c1ccccc1)NO. The Balaban J connectivity index is 1.87. The van der Waals surface area contributed by atoms with Crippen molar-refractivity contribution in [3.05, 3.63) is 76.5 Å². The lowest BCUT2D eigenvalue weighted by Crippen LogP contribution is -2.25. The number of hydrogen-bond acceptors (Lipinski definition) is 5. The molecule has 2 amide bonds. The number of hydrogen-bond donors (Lipinski definition) is 4. The summed E-state index contributed by atoms with van der Waals surface area (Å²) < 4.78 is 0. The average molecular weight is 436 g/mol. The van der Waals surface area contributed by atoms with E-state index in [9.17, 15) is 19.7 Å². The van der Waals surface area contributed by atoms with Gasteiger partial charge in [-0.05, 0) is 18.4 Å². The Labute approximate surface area is 184 Å². The maximum Gasteiger partial charge on any atom is 0.303 e. The second-order valence-corrected chi connectivity index (χ2v) is 7.19. The molecule has 2 aromatic carbocycles. The standard InChI is InChI=1S/C23H24N4O5/c28-18(26-30)14-8-3-9-15-24-23(29)21-19(16-10-4-1-5-11-16)22(27(31)32)20(25-21)17-12-6-2-7-13-17/h1-2,4-7,10-13,25,30H,3,8-9,14-15H2,(H,24,29)(H,26,28). The zero-order chi connectivity index (χ0) is 22.9. The summed E-state index contributed by atoms with van der Waals surface area (Å²) in [6.07, 6.45) is 2.08. The van der Waals surface area contributed by atoms with Crippen LogP contribution >= 0.6 is 0 Å². The summed E-state index contributed by atoms with van der Waals surface area (Å²) in [6.45, 7) is 0.349. The second-order valence-electron chi connectivity index (χ2n) is 7.19. The van der Waals surface area contributed by atoms with E-state index in [4.69, 9.17) is 5.21 Å². The highest BCUT2D eigenvalue weighted by atomic mass is 16.6. The molecule has 0 saturated heterocycles. The molecule has 0 atom stereocenters. The topological polar surface area (TPSA) is 137 Å². The normalized spacial score (nSPS) is 10.5. The van der Waals surface area contributed by atoms with E-state index in [2.05, 4.69) is 10.3 Å². The number of nitrogens with one attached hydrogen (secondary N) is 3. The Bertz CT molecular complexity index is 1080. The third-order valence-corrected chi connectivity index (χ3v) is 5.00. The average Bonchev–Trinajstić information content (AvgIpc) is 3.23. The molecule has 0 radical (unpaired) electrons. The number of aromatic amines is 1. The number of carbonyl (C=O) groups excluding carboxylic acids is 2. The van der Waals surface area contributed by atoms with Gasteiger partial charge in [0, 0.05) is 18.5 Å². The van der Waals surface area contributed by atoms with Gasteiger partial charge in [0.2, 0.25) is 5.91 Å². The van der Waals surface area contributed by atoms with Gasteiger partial charge in [-0.15, -0.1) is 0 Å². The van der Waals surface area contributed by atoms with Crippen molar-refractivity contribution in [1.29, 1.82) is 0 Å². The number of carbonyl (C=O) groups is 2. The first-order chi connectivity index (χ1) is 15.5. The van der Waals surface area contributed by atoms with E-state index in [1.807, 2.05) is 6.07 Å². The molecule has 3 aromatic rings. The fraction of sp³-hybridized carbons (Fsp3) is 0.217. The van der Waals surface area contributed by atoms with E-state index in [0.29, 0.717) is 36.9 Å². The maximum absolute atomic E-state index is 13.0. The molecule has 0 bridgehead atoms. The summed E-state index contributed by atoms with van der Waals surface area (Å²) in [7, 11) is 0. The van der Waals surface area contributed by atoms with Gasteiger partial charge in [-0.3, -0.25) is 24.9 Å². The summed E-state index contributed by atoms with van der Waals surface area (Å²) >= 11 is 0. The van der Waals surface area contributed by atoms with Crippen LogP contribution < -0.4 is 10.8 Å². The highest BCUT2D eigenvalue weighted by Gasteiger charge is 2.31. The van der Waals surface area contributed by atoms with Crippen LogP contribution in [0.15, 0.2) is 60.7 Å². The van der Waals surface area contributed by atoms with Crippen LogP contribution in [0.2, 0.25) is 0 Å². The molecule has 32 heavy (non-hydrogen) atoms. The van der Waals surface area contributed by atoms with Crippen LogP contribution in [0.4, 0.5) is 5.69 Å². The van der Waals surface area contributed by atoms with E-state index >= 15 is 0 Å². The number of benzene rings is 2. The van der Waals surface area contributed by atoms with Crippen molar-refractivity contribution in [2.45, 2.75) is 25.7 Å². The fourth-order valence-corrected chi connectivity index (χ4v) is 3.48. The van der Waals surface area contributed by atoms with Crippen LogP contribution in [0.1, 0.15) is 36.2 Å². The van der Waals surface area contributed by atoms with Crippen molar-refractivity contribution < 1.29 is 19.7 Å². The van der Waals surface area contributed by atoms with Crippen molar-refractivity contribution >= 4 is 17.5 Å². The number of nitrogens with zero attached hydrogens (tertiary/aromatic N) is 1. The molecule has 9 heteroatoms. The molecule has 0 fully saturated rings. The molecule has 0 saturated carbocycles. The molecule has 0 spiro atoms. The largest absolute Gasteiger partial charge is 0.351 e. The second kappa shape index (κ2) is 10.9. The lowest BCUT2D eigenvalue weighted by Gasteiger charge is -2.06. The van der Waals surface area contributed by atoms with E-state index in [1.165, 1.54) is 0 Å². The number of hydroxylamine groups is 1. The summed E-state index contributed by atoms with van der Waals surface area (Å²) in [4.78, 5) is 38.6. The molecule has 0 aliphatic rings. The van der Waals surface area contributed by atoms with Gasteiger partial charge in [-0.2, -0.15) is 0 Å². The van der Waals surface area contributed by atoms with Crippen molar-refractivity contribution in [3.8, 4) is 22.4 Å². The molecule has 3 rings (SSSR count). The van der Waals surface area contributed by atoms with Crippen molar-refractivity contribution in [2.75, 3.05) is 6.54 Å². The molecular weight excluding hydrogens is 412 g/mol. The minimum Gasteiger partial charge on any atom is -0.351 e. The van der Waals surface area contributed by atoms with Gasteiger partial charge >= 0.3 is 5.69 Å². The summed E-state index contributed by atoms with van der Waals surface area (Å²) in [5.41, 5.74) is 3.25. The quantitative estimate of drug-likeness (QED) is 0.164. The highest BCUT2D eigenvalue weighted by molar-refractivity contribution is 6.04. The van der Waals surface area contributed by atoms with Gasteiger partial charge in [-0.1, -0.05) is 67.1 Å². The van der Waals surface area contributed by atoms with Crippen LogP contribution in [-0.2, 0) is 4.79 Å². The van der Waals surface area contributed by atoms with E-state index in [-0.39, 0.29) is 29.1 Å². The predicted molar refractivity (Wildman–Crippen MR) is 119 cm³/mol. The number of unbranched alkanes of at least 4 members (excludes halogenated alkanes) is 2. The van der Waals surface area contributed by atoms with Gasteiger partial charge in [0.1, 0.15) is 11.4 Å². The number of aromatic nitrogens is 1. The minimum atomic E-state index is -0.468. The molecule has 0 unspecified atom stereocenters. The smallest absolute Gasteiger partial charge is 0.303 e. The monoisotopic (exact) mass is 436 g/mol. The Kier molecular flexibility index (Phi) is 7.71. The first-order valence-electron chi connectivity index (χ1n) is 10.2. The summed E-state index contributed by atoms with van der Waals surface area (Å²) in [6, 6.07) is 17.7. The van der Waals surface area contributed by atoms with Gasteiger partial charge in [0.15, 0.2) is 0 Å². The van der Waals surface area contributed by atoms with Crippen LogP contribution in [0.25, 0.3) is 22.4 Å². The molecule has 166 valence electrons.